The van der Waals surface area contributed by atoms with Crippen molar-refractivity contribution in [2.75, 3.05) is 26.2 Å². The lowest BCUT2D eigenvalue weighted by molar-refractivity contribution is -0.138. The van der Waals surface area contributed by atoms with E-state index in [9.17, 15) is 14.0 Å². The van der Waals surface area contributed by atoms with Crippen molar-refractivity contribution in [1.82, 2.24) is 30.0 Å². The molecule has 0 spiro atoms. The Labute approximate surface area is 185 Å². The molecule has 4 rings (SSSR count). The fourth-order valence-electron chi connectivity index (χ4n) is 3.82. The summed E-state index contributed by atoms with van der Waals surface area (Å²) in [5.74, 6) is -0.610. The van der Waals surface area contributed by atoms with Crippen LogP contribution in [0, 0.1) is 11.7 Å². The fourth-order valence-corrected chi connectivity index (χ4v) is 3.82. The van der Waals surface area contributed by atoms with Gasteiger partial charge in [-0.25, -0.2) is 4.39 Å². The molecule has 32 heavy (non-hydrogen) atoms. The summed E-state index contributed by atoms with van der Waals surface area (Å²) in [6.45, 7) is 5.27. The first-order chi connectivity index (χ1) is 15.5. The monoisotopic (exact) mass is 436 g/mol. The number of nitrogens with zero attached hydrogens (tertiary/aromatic N) is 6. The number of hydrogen-bond acceptors (Lipinski definition) is 5. The van der Waals surface area contributed by atoms with E-state index in [2.05, 4.69) is 15.4 Å². The molecule has 2 amide bonds. The zero-order valence-electron chi connectivity index (χ0n) is 18.1. The molecule has 3 aromatic rings. The smallest absolute Gasteiger partial charge is 0.256 e. The molecule has 1 aromatic heterocycles. The van der Waals surface area contributed by atoms with Crippen LogP contribution < -0.4 is 0 Å². The van der Waals surface area contributed by atoms with Gasteiger partial charge in [-0.3, -0.25) is 9.59 Å². The van der Waals surface area contributed by atoms with Crippen LogP contribution in [0.15, 0.2) is 54.6 Å². The third-order valence-corrected chi connectivity index (χ3v) is 5.58. The number of amides is 2. The number of tetrazole rings is 1. The summed E-state index contributed by atoms with van der Waals surface area (Å²) in [5.41, 5.74) is 0.876. The van der Waals surface area contributed by atoms with Crippen molar-refractivity contribution in [1.29, 1.82) is 0 Å². The number of benzene rings is 2. The SMILES string of the molecule is CC(C)C(C(=O)N1CCN(C(=O)c2ccccc2F)CC1)n1nnc(-c2ccccc2)n1. The maximum Gasteiger partial charge on any atom is 0.256 e. The molecule has 1 saturated heterocycles. The minimum atomic E-state index is -0.603. The Hall–Kier alpha value is -3.62. The van der Waals surface area contributed by atoms with Crippen molar-refractivity contribution in [2.24, 2.45) is 5.92 Å². The van der Waals surface area contributed by atoms with Crippen LogP contribution in [0.25, 0.3) is 11.4 Å². The second kappa shape index (κ2) is 9.25. The Bertz CT molecular complexity index is 1090. The standard InChI is InChI=1S/C23H25FN6O2/c1-16(2)20(30-26-21(25-27-30)17-8-4-3-5-9-17)23(32)29-14-12-28(13-15-29)22(31)18-10-6-7-11-19(18)24/h3-11,16,20H,12-15H2,1-2H3. The Morgan fingerprint density at radius 3 is 2.19 bits per heavy atom. The molecule has 1 unspecified atom stereocenters. The number of rotatable bonds is 5. The number of halogens is 1. The van der Waals surface area contributed by atoms with Crippen LogP contribution in [0.1, 0.15) is 30.2 Å². The predicted molar refractivity (Wildman–Crippen MR) is 116 cm³/mol. The molecule has 9 heteroatoms. The zero-order valence-corrected chi connectivity index (χ0v) is 18.1. The van der Waals surface area contributed by atoms with Gasteiger partial charge >= 0.3 is 0 Å². The Balaban J connectivity index is 1.45. The lowest BCUT2D eigenvalue weighted by Gasteiger charge is -2.36. The van der Waals surface area contributed by atoms with E-state index in [0.29, 0.717) is 32.0 Å². The van der Waals surface area contributed by atoms with Crippen LogP contribution in [0.4, 0.5) is 4.39 Å². The lowest BCUT2D eigenvalue weighted by Crippen LogP contribution is -2.53. The molecular weight excluding hydrogens is 411 g/mol. The van der Waals surface area contributed by atoms with E-state index < -0.39 is 11.9 Å². The normalized spacial score (nSPS) is 15.1. The average molecular weight is 436 g/mol. The highest BCUT2D eigenvalue weighted by atomic mass is 19.1. The second-order valence-corrected chi connectivity index (χ2v) is 8.09. The maximum atomic E-state index is 14.0. The fraction of sp³-hybridized carbons (Fsp3) is 0.348. The molecule has 0 N–H and O–H groups in total. The largest absolute Gasteiger partial charge is 0.337 e. The summed E-state index contributed by atoms with van der Waals surface area (Å²) in [6, 6.07) is 14.8. The minimum absolute atomic E-state index is 0.0487. The molecule has 0 aliphatic carbocycles. The summed E-state index contributed by atoms with van der Waals surface area (Å²) < 4.78 is 14.0. The molecular formula is C23H25FN6O2. The highest BCUT2D eigenvalue weighted by molar-refractivity contribution is 5.94. The van der Waals surface area contributed by atoms with E-state index >= 15 is 0 Å². The van der Waals surface area contributed by atoms with Gasteiger partial charge in [-0.1, -0.05) is 56.3 Å². The molecule has 166 valence electrons. The molecule has 1 aliphatic heterocycles. The van der Waals surface area contributed by atoms with Crippen molar-refractivity contribution >= 4 is 11.8 Å². The van der Waals surface area contributed by atoms with Crippen molar-refractivity contribution in [2.45, 2.75) is 19.9 Å². The third-order valence-electron chi connectivity index (χ3n) is 5.58. The second-order valence-electron chi connectivity index (χ2n) is 8.09. The molecule has 0 bridgehead atoms. The number of aromatic nitrogens is 4. The average Bonchev–Trinajstić information content (AvgIpc) is 3.29. The van der Waals surface area contributed by atoms with E-state index in [1.54, 1.807) is 21.9 Å². The van der Waals surface area contributed by atoms with Crippen LogP contribution in [0.5, 0.6) is 0 Å². The Morgan fingerprint density at radius 1 is 0.906 bits per heavy atom. The number of piperazine rings is 1. The lowest BCUT2D eigenvalue weighted by atomic mass is 10.0. The molecule has 0 saturated carbocycles. The quantitative estimate of drug-likeness (QED) is 0.614. The van der Waals surface area contributed by atoms with Crippen molar-refractivity contribution in [3.05, 3.63) is 66.0 Å². The van der Waals surface area contributed by atoms with Gasteiger partial charge in [0.2, 0.25) is 11.7 Å². The molecule has 8 nitrogen and oxygen atoms in total. The predicted octanol–water partition coefficient (Wildman–Crippen LogP) is 2.66. The van der Waals surface area contributed by atoms with E-state index in [1.165, 1.54) is 16.9 Å². The van der Waals surface area contributed by atoms with Gasteiger partial charge in [0.25, 0.3) is 5.91 Å². The van der Waals surface area contributed by atoms with Crippen LogP contribution in [-0.4, -0.2) is 68.0 Å². The Kier molecular flexibility index (Phi) is 6.25. The third kappa shape index (κ3) is 4.37. The maximum absolute atomic E-state index is 14.0. The first-order valence-corrected chi connectivity index (χ1v) is 10.6. The van der Waals surface area contributed by atoms with E-state index in [4.69, 9.17) is 0 Å². The van der Waals surface area contributed by atoms with Crippen LogP contribution in [-0.2, 0) is 4.79 Å². The summed E-state index contributed by atoms with van der Waals surface area (Å²) in [6.07, 6.45) is 0. The van der Waals surface area contributed by atoms with Gasteiger partial charge in [0.1, 0.15) is 5.82 Å². The van der Waals surface area contributed by atoms with Crippen LogP contribution in [0.2, 0.25) is 0 Å². The van der Waals surface area contributed by atoms with Gasteiger partial charge in [-0.2, -0.15) is 4.80 Å². The zero-order chi connectivity index (χ0) is 22.7. The molecule has 2 aromatic carbocycles. The van der Waals surface area contributed by atoms with Gasteiger partial charge in [0.15, 0.2) is 6.04 Å². The highest BCUT2D eigenvalue weighted by Gasteiger charge is 2.34. The van der Waals surface area contributed by atoms with Gasteiger partial charge in [-0.05, 0) is 23.3 Å². The van der Waals surface area contributed by atoms with Crippen LogP contribution >= 0.6 is 0 Å². The van der Waals surface area contributed by atoms with Gasteiger partial charge in [0.05, 0.1) is 5.56 Å². The van der Waals surface area contributed by atoms with Crippen molar-refractivity contribution in [3.8, 4) is 11.4 Å². The molecule has 1 aliphatic rings. The summed E-state index contributed by atoms with van der Waals surface area (Å²) in [4.78, 5) is 30.6. The van der Waals surface area contributed by atoms with Gasteiger partial charge in [-0.15, -0.1) is 10.2 Å². The van der Waals surface area contributed by atoms with E-state index in [-0.39, 0.29) is 23.3 Å². The molecule has 0 radical (unpaired) electrons. The molecule has 1 atom stereocenters. The van der Waals surface area contributed by atoms with Crippen molar-refractivity contribution < 1.29 is 14.0 Å². The topological polar surface area (TPSA) is 84.2 Å². The summed E-state index contributed by atoms with van der Waals surface area (Å²) in [5, 5.41) is 12.7. The minimum Gasteiger partial charge on any atom is -0.337 e. The summed E-state index contributed by atoms with van der Waals surface area (Å²) >= 11 is 0. The molecule has 2 heterocycles. The van der Waals surface area contributed by atoms with Gasteiger partial charge in [0, 0.05) is 31.7 Å². The number of hydrogen-bond donors (Lipinski definition) is 0. The number of carbonyl (C=O) groups is 2. The van der Waals surface area contributed by atoms with Crippen molar-refractivity contribution in [3.63, 3.8) is 0 Å². The van der Waals surface area contributed by atoms with E-state index in [1.807, 2.05) is 44.2 Å². The number of carbonyl (C=O) groups excluding carboxylic acids is 2. The summed E-state index contributed by atoms with van der Waals surface area (Å²) in [7, 11) is 0. The van der Waals surface area contributed by atoms with E-state index in [0.717, 1.165) is 5.56 Å². The highest BCUT2D eigenvalue weighted by Crippen LogP contribution is 2.22. The van der Waals surface area contributed by atoms with Crippen LogP contribution in [0.3, 0.4) is 0 Å². The Morgan fingerprint density at radius 2 is 1.53 bits per heavy atom. The molecule has 1 fully saturated rings. The first-order valence-electron chi connectivity index (χ1n) is 10.6. The first kappa shape index (κ1) is 21.6. The van der Waals surface area contributed by atoms with Gasteiger partial charge < -0.3 is 9.80 Å².